The molecular formula is C24H27FN2O6. The van der Waals surface area contributed by atoms with E-state index < -0.39 is 24.5 Å². The molecule has 0 saturated carbocycles. The van der Waals surface area contributed by atoms with Crippen molar-refractivity contribution < 1.29 is 33.0 Å². The molecule has 1 aliphatic heterocycles. The van der Waals surface area contributed by atoms with Crippen LogP contribution in [0.3, 0.4) is 0 Å². The monoisotopic (exact) mass is 458 g/mol. The summed E-state index contributed by atoms with van der Waals surface area (Å²) < 4.78 is 30.1. The molecule has 0 radical (unpaired) electrons. The van der Waals surface area contributed by atoms with Crippen LogP contribution in [0.5, 0.6) is 11.5 Å². The van der Waals surface area contributed by atoms with Crippen LogP contribution >= 0.6 is 0 Å². The standard InChI is InChI=1S/C24H27FN2O6/c1-16(28)18-4-9-22(21(25)14-18)26-10-12-27(13-11-26)23(29)15-32-24(30)17(2)33-20-7-5-19(31-3)6-8-20/h4-9,14,17H,10-13,15H2,1-3H3. The first-order chi connectivity index (χ1) is 15.8. The van der Waals surface area contributed by atoms with Crippen molar-refractivity contribution in [1.82, 2.24) is 4.90 Å². The Morgan fingerprint density at radius 1 is 1.00 bits per heavy atom. The number of ether oxygens (including phenoxy) is 3. The molecule has 0 bridgehead atoms. The van der Waals surface area contributed by atoms with E-state index in [2.05, 4.69) is 0 Å². The van der Waals surface area contributed by atoms with Crippen molar-refractivity contribution in [3.8, 4) is 11.5 Å². The minimum atomic E-state index is -0.885. The lowest BCUT2D eigenvalue weighted by Crippen LogP contribution is -2.50. The zero-order valence-corrected chi connectivity index (χ0v) is 18.9. The van der Waals surface area contributed by atoms with Gasteiger partial charge in [0.2, 0.25) is 0 Å². The Hall–Kier alpha value is -3.62. The van der Waals surface area contributed by atoms with Crippen LogP contribution < -0.4 is 14.4 Å². The average molecular weight is 458 g/mol. The maximum absolute atomic E-state index is 14.4. The molecule has 1 aliphatic rings. The van der Waals surface area contributed by atoms with E-state index >= 15 is 0 Å². The molecule has 3 rings (SSSR count). The number of methoxy groups -OCH3 is 1. The molecule has 0 spiro atoms. The van der Waals surface area contributed by atoms with Crippen molar-refractivity contribution in [1.29, 1.82) is 0 Å². The number of hydrogen-bond acceptors (Lipinski definition) is 7. The van der Waals surface area contributed by atoms with Crippen molar-refractivity contribution in [2.75, 3.05) is 44.8 Å². The Kier molecular flexibility index (Phi) is 7.87. The van der Waals surface area contributed by atoms with E-state index in [-0.39, 0.29) is 11.7 Å². The summed E-state index contributed by atoms with van der Waals surface area (Å²) in [4.78, 5) is 39.4. The normalized spacial score (nSPS) is 14.4. The molecule has 2 aromatic carbocycles. The van der Waals surface area contributed by atoms with Gasteiger partial charge in [-0.2, -0.15) is 0 Å². The van der Waals surface area contributed by atoms with Crippen molar-refractivity contribution in [2.24, 2.45) is 0 Å². The molecular weight excluding hydrogens is 431 g/mol. The summed E-state index contributed by atoms with van der Waals surface area (Å²) in [6.07, 6.45) is -0.885. The van der Waals surface area contributed by atoms with E-state index in [9.17, 15) is 18.8 Å². The highest BCUT2D eigenvalue weighted by molar-refractivity contribution is 5.94. The highest BCUT2D eigenvalue weighted by Gasteiger charge is 2.25. The summed E-state index contributed by atoms with van der Waals surface area (Å²) >= 11 is 0. The Bertz CT molecular complexity index is 1000. The third-order valence-corrected chi connectivity index (χ3v) is 5.37. The van der Waals surface area contributed by atoms with Crippen LogP contribution in [0.2, 0.25) is 0 Å². The number of nitrogens with zero attached hydrogens (tertiary/aromatic N) is 2. The second-order valence-electron chi connectivity index (χ2n) is 7.63. The van der Waals surface area contributed by atoms with E-state index in [1.54, 1.807) is 55.3 Å². The smallest absolute Gasteiger partial charge is 0.347 e. The number of Topliss-reactive ketones (excluding diaryl/α,β-unsaturated/α-hetero) is 1. The number of halogens is 1. The fourth-order valence-electron chi connectivity index (χ4n) is 3.43. The third-order valence-electron chi connectivity index (χ3n) is 5.37. The Morgan fingerprint density at radius 2 is 1.64 bits per heavy atom. The quantitative estimate of drug-likeness (QED) is 0.444. The average Bonchev–Trinajstić information content (AvgIpc) is 2.82. The SMILES string of the molecule is COc1ccc(OC(C)C(=O)OCC(=O)N2CCN(c3ccc(C(C)=O)cc3F)CC2)cc1. The first kappa shape index (κ1) is 24.0. The topological polar surface area (TPSA) is 85.4 Å². The first-order valence-corrected chi connectivity index (χ1v) is 10.6. The molecule has 33 heavy (non-hydrogen) atoms. The van der Waals surface area contributed by atoms with Gasteiger partial charge in [-0.25, -0.2) is 9.18 Å². The zero-order valence-electron chi connectivity index (χ0n) is 18.9. The summed E-state index contributed by atoms with van der Waals surface area (Å²) in [5.41, 5.74) is 0.708. The highest BCUT2D eigenvalue weighted by Crippen LogP contribution is 2.22. The first-order valence-electron chi connectivity index (χ1n) is 10.6. The summed E-state index contributed by atoms with van der Waals surface area (Å²) in [6, 6.07) is 11.2. The van der Waals surface area contributed by atoms with Gasteiger partial charge in [-0.15, -0.1) is 0 Å². The van der Waals surface area contributed by atoms with Gasteiger partial charge < -0.3 is 24.0 Å². The van der Waals surface area contributed by atoms with Crippen LogP contribution in [0.25, 0.3) is 0 Å². The lowest BCUT2D eigenvalue weighted by atomic mass is 10.1. The van der Waals surface area contributed by atoms with Gasteiger partial charge >= 0.3 is 5.97 Å². The summed E-state index contributed by atoms with van der Waals surface area (Å²) in [5, 5.41) is 0. The van der Waals surface area contributed by atoms with Crippen LogP contribution in [0.1, 0.15) is 24.2 Å². The van der Waals surface area contributed by atoms with E-state index in [4.69, 9.17) is 14.2 Å². The van der Waals surface area contributed by atoms with E-state index in [1.807, 2.05) is 4.90 Å². The Labute approximate surface area is 191 Å². The molecule has 1 heterocycles. The van der Waals surface area contributed by atoms with Crippen molar-refractivity contribution in [3.05, 3.63) is 53.8 Å². The molecule has 0 aromatic heterocycles. The second-order valence-corrected chi connectivity index (χ2v) is 7.63. The molecule has 0 N–H and O–H groups in total. The molecule has 9 heteroatoms. The van der Waals surface area contributed by atoms with E-state index in [1.165, 1.54) is 13.0 Å². The minimum absolute atomic E-state index is 0.200. The fraction of sp³-hybridized carbons (Fsp3) is 0.375. The van der Waals surface area contributed by atoms with Crippen molar-refractivity contribution in [3.63, 3.8) is 0 Å². The van der Waals surface area contributed by atoms with Crippen LogP contribution in [-0.4, -0.2) is 68.6 Å². The number of hydrogen-bond donors (Lipinski definition) is 0. The Balaban J connectivity index is 1.45. The van der Waals surface area contributed by atoms with Gasteiger partial charge in [-0.1, -0.05) is 0 Å². The van der Waals surface area contributed by atoms with Gasteiger partial charge in [0.05, 0.1) is 12.8 Å². The largest absolute Gasteiger partial charge is 0.497 e. The lowest BCUT2D eigenvalue weighted by molar-refractivity contribution is -0.157. The van der Waals surface area contributed by atoms with Gasteiger partial charge in [0.1, 0.15) is 17.3 Å². The number of amides is 1. The molecule has 1 saturated heterocycles. The van der Waals surface area contributed by atoms with Crippen LogP contribution in [0.15, 0.2) is 42.5 Å². The molecule has 1 fully saturated rings. The van der Waals surface area contributed by atoms with Crippen molar-refractivity contribution in [2.45, 2.75) is 20.0 Å². The molecule has 8 nitrogen and oxygen atoms in total. The number of rotatable bonds is 8. The number of carbonyl (C=O) groups is 3. The summed E-state index contributed by atoms with van der Waals surface area (Å²) in [7, 11) is 1.55. The number of benzene rings is 2. The van der Waals surface area contributed by atoms with Crippen LogP contribution in [0, 0.1) is 5.82 Å². The van der Waals surface area contributed by atoms with Crippen molar-refractivity contribution >= 4 is 23.3 Å². The third kappa shape index (κ3) is 6.21. The fourth-order valence-corrected chi connectivity index (χ4v) is 3.43. The van der Waals surface area contributed by atoms with Gasteiger partial charge in [0.25, 0.3) is 5.91 Å². The van der Waals surface area contributed by atoms with E-state index in [0.717, 1.165) is 0 Å². The summed E-state index contributed by atoms with van der Waals surface area (Å²) in [6.45, 7) is 4.11. The predicted octanol–water partition coefficient (Wildman–Crippen LogP) is 2.70. The van der Waals surface area contributed by atoms with E-state index in [0.29, 0.717) is 48.9 Å². The summed E-state index contributed by atoms with van der Waals surface area (Å²) in [5.74, 6) is -0.501. The molecule has 1 atom stereocenters. The number of anilines is 1. The number of esters is 1. The maximum atomic E-state index is 14.4. The van der Waals surface area contributed by atoms with Gasteiger partial charge in [-0.05, 0) is 56.3 Å². The molecule has 1 amide bonds. The highest BCUT2D eigenvalue weighted by atomic mass is 19.1. The second kappa shape index (κ2) is 10.8. The zero-order chi connectivity index (χ0) is 24.0. The number of carbonyl (C=O) groups excluding carboxylic acids is 3. The molecule has 1 unspecified atom stereocenters. The maximum Gasteiger partial charge on any atom is 0.347 e. The molecule has 176 valence electrons. The Morgan fingerprint density at radius 3 is 2.21 bits per heavy atom. The number of piperazine rings is 1. The molecule has 2 aromatic rings. The van der Waals surface area contributed by atoms with Crippen LogP contribution in [0.4, 0.5) is 10.1 Å². The predicted molar refractivity (Wildman–Crippen MR) is 119 cm³/mol. The number of ketones is 1. The van der Waals surface area contributed by atoms with Gasteiger partial charge in [0, 0.05) is 31.7 Å². The minimum Gasteiger partial charge on any atom is -0.497 e. The molecule has 0 aliphatic carbocycles. The van der Waals surface area contributed by atoms with Crippen LogP contribution in [-0.2, 0) is 14.3 Å². The lowest BCUT2D eigenvalue weighted by Gasteiger charge is -2.36. The van der Waals surface area contributed by atoms with Gasteiger partial charge in [-0.3, -0.25) is 9.59 Å². The van der Waals surface area contributed by atoms with Gasteiger partial charge in [0.15, 0.2) is 18.5 Å².